The summed E-state index contributed by atoms with van der Waals surface area (Å²) in [5.74, 6) is 3.06. The van der Waals surface area contributed by atoms with E-state index in [9.17, 15) is 0 Å². The van der Waals surface area contributed by atoms with Gasteiger partial charge in [0.1, 0.15) is 17.3 Å². The van der Waals surface area contributed by atoms with Crippen LogP contribution >= 0.6 is 0 Å². The molecular weight excluding hydrogens is 214 g/mol. The van der Waals surface area contributed by atoms with Gasteiger partial charge in [-0.3, -0.25) is 0 Å². The number of nitrogens with one attached hydrogen (secondary N) is 1. The van der Waals surface area contributed by atoms with Crippen molar-refractivity contribution in [2.24, 2.45) is 0 Å². The molecule has 2 aromatic rings. The third kappa shape index (κ3) is 2.97. The maximum atomic E-state index is 5.75. The summed E-state index contributed by atoms with van der Waals surface area (Å²) >= 11 is 0. The Hall–Kier alpha value is -1.55. The van der Waals surface area contributed by atoms with Crippen LogP contribution in [0.2, 0.25) is 0 Å². The van der Waals surface area contributed by atoms with Crippen LogP contribution in [0.3, 0.4) is 0 Å². The summed E-state index contributed by atoms with van der Waals surface area (Å²) in [6.07, 6.45) is 4.77. The molecule has 0 bridgehead atoms. The molecule has 17 heavy (non-hydrogen) atoms. The van der Waals surface area contributed by atoms with E-state index in [1.165, 1.54) is 0 Å². The maximum absolute atomic E-state index is 5.75. The Labute approximate surface area is 102 Å². The zero-order chi connectivity index (χ0) is 12.1. The van der Waals surface area contributed by atoms with Gasteiger partial charge in [-0.25, -0.2) is 4.98 Å². The van der Waals surface area contributed by atoms with Crippen LogP contribution in [0, 0.1) is 0 Å². The standard InChI is InChI=1S/C13H19N3O/c1-3-13-15-7-8-16(13)10-12-6-5-11(17-12)9-14-4-2/h5-8,14H,3-4,9-10H2,1-2H3. The van der Waals surface area contributed by atoms with Gasteiger partial charge in [-0.2, -0.15) is 0 Å². The topological polar surface area (TPSA) is 43.0 Å². The largest absolute Gasteiger partial charge is 0.463 e. The molecule has 0 radical (unpaired) electrons. The van der Waals surface area contributed by atoms with Gasteiger partial charge in [0.25, 0.3) is 0 Å². The fourth-order valence-electron chi connectivity index (χ4n) is 1.82. The zero-order valence-corrected chi connectivity index (χ0v) is 10.4. The van der Waals surface area contributed by atoms with Crippen LogP contribution in [0.25, 0.3) is 0 Å². The Morgan fingerprint density at radius 2 is 2.12 bits per heavy atom. The molecule has 2 aromatic heterocycles. The van der Waals surface area contributed by atoms with Crippen molar-refractivity contribution in [1.29, 1.82) is 0 Å². The molecule has 2 rings (SSSR count). The SMILES string of the molecule is CCNCc1ccc(Cn2ccnc2CC)o1. The third-order valence-corrected chi connectivity index (χ3v) is 2.71. The summed E-state index contributed by atoms with van der Waals surface area (Å²) in [5, 5.41) is 3.25. The van der Waals surface area contributed by atoms with Gasteiger partial charge in [0.05, 0.1) is 13.1 Å². The van der Waals surface area contributed by atoms with Gasteiger partial charge >= 0.3 is 0 Å². The summed E-state index contributed by atoms with van der Waals surface area (Å²) in [7, 11) is 0. The minimum atomic E-state index is 0.759. The van der Waals surface area contributed by atoms with Crippen molar-refractivity contribution in [3.8, 4) is 0 Å². The molecule has 0 saturated heterocycles. The monoisotopic (exact) mass is 233 g/mol. The van der Waals surface area contributed by atoms with Gasteiger partial charge in [0.15, 0.2) is 0 Å². The second-order valence-corrected chi connectivity index (χ2v) is 3.97. The summed E-state index contributed by atoms with van der Waals surface area (Å²) in [6.45, 7) is 6.70. The number of hydrogen-bond acceptors (Lipinski definition) is 3. The van der Waals surface area contributed by atoms with Gasteiger partial charge in [0, 0.05) is 18.8 Å². The van der Waals surface area contributed by atoms with Crippen molar-refractivity contribution in [2.75, 3.05) is 6.54 Å². The smallest absolute Gasteiger partial charge is 0.123 e. The average molecular weight is 233 g/mol. The first-order valence-corrected chi connectivity index (χ1v) is 6.11. The summed E-state index contributed by atoms with van der Waals surface area (Å²) in [4.78, 5) is 4.30. The summed E-state index contributed by atoms with van der Waals surface area (Å²) < 4.78 is 7.87. The fraction of sp³-hybridized carbons (Fsp3) is 0.462. The molecule has 0 aliphatic rings. The Morgan fingerprint density at radius 3 is 2.88 bits per heavy atom. The van der Waals surface area contributed by atoms with E-state index in [1.807, 2.05) is 24.5 Å². The molecule has 0 saturated carbocycles. The van der Waals surface area contributed by atoms with Crippen molar-refractivity contribution in [3.63, 3.8) is 0 Å². The number of rotatable bonds is 6. The first-order valence-electron chi connectivity index (χ1n) is 6.11. The molecule has 0 amide bonds. The molecule has 0 aliphatic carbocycles. The highest BCUT2D eigenvalue weighted by Gasteiger charge is 2.05. The second-order valence-electron chi connectivity index (χ2n) is 3.97. The lowest BCUT2D eigenvalue weighted by Crippen LogP contribution is -2.10. The Morgan fingerprint density at radius 1 is 1.29 bits per heavy atom. The number of furan rings is 1. The van der Waals surface area contributed by atoms with E-state index in [0.29, 0.717) is 0 Å². The average Bonchev–Trinajstić information content (AvgIpc) is 2.96. The van der Waals surface area contributed by atoms with Crippen molar-refractivity contribution >= 4 is 0 Å². The van der Waals surface area contributed by atoms with Crippen molar-refractivity contribution in [1.82, 2.24) is 14.9 Å². The lowest BCUT2D eigenvalue weighted by molar-refractivity contribution is 0.438. The Balaban J connectivity index is 2.01. The summed E-state index contributed by atoms with van der Waals surface area (Å²) in [5.41, 5.74) is 0. The molecule has 1 N–H and O–H groups in total. The normalized spacial score (nSPS) is 10.9. The number of aromatic nitrogens is 2. The second kappa shape index (κ2) is 5.68. The molecule has 0 unspecified atom stereocenters. The third-order valence-electron chi connectivity index (χ3n) is 2.71. The summed E-state index contributed by atoms with van der Waals surface area (Å²) in [6, 6.07) is 4.06. The quantitative estimate of drug-likeness (QED) is 0.831. The first kappa shape index (κ1) is 11.9. The van der Waals surface area contributed by atoms with Crippen molar-refractivity contribution in [2.45, 2.75) is 33.4 Å². The minimum absolute atomic E-state index is 0.759. The first-order chi connectivity index (χ1) is 8.33. The van der Waals surface area contributed by atoms with Crippen LogP contribution in [0.5, 0.6) is 0 Å². The molecular formula is C13H19N3O. The van der Waals surface area contributed by atoms with Crippen LogP contribution in [-0.2, 0) is 19.5 Å². The van der Waals surface area contributed by atoms with E-state index < -0.39 is 0 Å². The molecule has 92 valence electrons. The van der Waals surface area contributed by atoms with Crippen molar-refractivity contribution < 1.29 is 4.42 Å². The van der Waals surface area contributed by atoms with Gasteiger partial charge in [-0.15, -0.1) is 0 Å². The highest BCUT2D eigenvalue weighted by molar-refractivity contribution is 5.08. The molecule has 0 aromatic carbocycles. The molecule has 0 fully saturated rings. The number of aryl methyl sites for hydroxylation is 1. The maximum Gasteiger partial charge on any atom is 0.123 e. The highest BCUT2D eigenvalue weighted by Crippen LogP contribution is 2.11. The van der Waals surface area contributed by atoms with Gasteiger partial charge in [-0.05, 0) is 18.7 Å². The molecule has 4 nitrogen and oxygen atoms in total. The number of imidazole rings is 1. The molecule has 4 heteroatoms. The highest BCUT2D eigenvalue weighted by atomic mass is 16.3. The fourth-order valence-corrected chi connectivity index (χ4v) is 1.82. The van der Waals surface area contributed by atoms with Gasteiger partial charge < -0.3 is 14.3 Å². The van der Waals surface area contributed by atoms with Gasteiger partial charge in [-0.1, -0.05) is 13.8 Å². The Kier molecular flexibility index (Phi) is 3.98. The molecule has 0 atom stereocenters. The number of hydrogen-bond donors (Lipinski definition) is 1. The Bertz CT molecular complexity index is 459. The van der Waals surface area contributed by atoms with E-state index in [-0.39, 0.29) is 0 Å². The van der Waals surface area contributed by atoms with Crippen LogP contribution in [0.15, 0.2) is 28.9 Å². The predicted molar refractivity (Wildman–Crippen MR) is 66.8 cm³/mol. The van der Waals surface area contributed by atoms with E-state index in [4.69, 9.17) is 4.42 Å². The predicted octanol–water partition coefficient (Wildman–Crippen LogP) is 2.20. The van der Waals surface area contributed by atoms with E-state index >= 15 is 0 Å². The van der Waals surface area contributed by atoms with E-state index in [2.05, 4.69) is 28.7 Å². The van der Waals surface area contributed by atoms with Crippen LogP contribution in [0.4, 0.5) is 0 Å². The lowest BCUT2D eigenvalue weighted by Gasteiger charge is -2.03. The van der Waals surface area contributed by atoms with Gasteiger partial charge in [0.2, 0.25) is 0 Å². The van der Waals surface area contributed by atoms with Crippen molar-refractivity contribution in [3.05, 3.63) is 41.9 Å². The van der Waals surface area contributed by atoms with E-state index in [0.717, 1.165) is 43.4 Å². The lowest BCUT2D eigenvalue weighted by atomic mass is 10.4. The minimum Gasteiger partial charge on any atom is -0.463 e. The van der Waals surface area contributed by atoms with Crippen LogP contribution < -0.4 is 5.32 Å². The number of nitrogens with zero attached hydrogens (tertiary/aromatic N) is 2. The van der Waals surface area contributed by atoms with Crippen LogP contribution in [-0.4, -0.2) is 16.1 Å². The molecule has 0 aliphatic heterocycles. The van der Waals surface area contributed by atoms with E-state index in [1.54, 1.807) is 0 Å². The zero-order valence-electron chi connectivity index (χ0n) is 10.4. The van der Waals surface area contributed by atoms with Crippen LogP contribution in [0.1, 0.15) is 31.2 Å². The molecule has 2 heterocycles. The molecule has 0 spiro atoms.